The van der Waals surface area contributed by atoms with Crippen LogP contribution in [-0.2, 0) is 16.8 Å². The normalized spacial score (nSPS) is 5.86. The van der Waals surface area contributed by atoms with Crippen LogP contribution >= 0.6 is 0 Å². The van der Waals surface area contributed by atoms with Crippen molar-refractivity contribution in [2.45, 2.75) is 0 Å². The van der Waals surface area contributed by atoms with E-state index in [2.05, 4.69) is 0 Å². The van der Waals surface area contributed by atoms with Crippen molar-refractivity contribution in [3.63, 3.8) is 0 Å². The fraction of sp³-hybridized carbons (Fsp3) is 0. The first-order valence-electron chi connectivity index (χ1n) is 1.29. The minimum atomic E-state index is 0. The average molecular weight is 146 g/mol. The second-order valence-electron chi connectivity index (χ2n) is 0.638. The second kappa shape index (κ2) is 5.61. The average Bonchev–Trinajstić information content (AvgIpc) is 1.65. The van der Waals surface area contributed by atoms with E-state index in [1.807, 2.05) is 0 Å². The second-order valence-corrected chi connectivity index (χ2v) is 0.638. The summed E-state index contributed by atoms with van der Waals surface area (Å²) in [6, 6.07) is 0. The summed E-state index contributed by atoms with van der Waals surface area (Å²) in [4.78, 5) is 0. The molecule has 0 rings (SSSR count). The van der Waals surface area contributed by atoms with Gasteiger partial charge in [0.15, 0.2) is 0 Å². The maximum Gasteiger partial charge on any atom is 0.114 e. The molecule has 4 nitrogen and oxygen atoms in total. The number of hydrogen-bond donors (Lipinski definition) is 3. The molecule has 0 saturated heterocycles. The molecule has 0 atom stereocenters. The summed E-state index contributed by atoms with van der Waals surface area (Å²) in [6.45, 7) is 0. The van der Waals surface area contributed by atoms with Gasteiger partial charge in [0.2, 0.25) is 0 Å². The van der Waals surface area contributed by atoms with Gasteiger partial charge in [0.25, 0.3) is 0 Å². The van der Waals surface area contributed by atoms with E-state index in [4.69, 9.17) is 16.0 Å². The fourth-order valence-electron chi connectivity index (χ4n) is 0.0373. The van der Waals surface area contributed by atoms with Crippen LogP contribution in [0.3, 0.4) is 0 Å². The third-order valence-electron chi connectivity index (χ3n) is 0.265. The number of nitrogens with zero attached hydrogens (tertiary/aromatic N) is 1. The number of hydrogen-bond acceptors (Lipinski definition) is 3. The Hall–Kier alpha value is -0.394. The van der Waals surface area contributed by atoms with E-state index < -0.39 is 0 Å². The van der Waals surface area contributed by atoms with Gasteiger partial charge in [-0.05, 0) is 0 Å². The molecule has 0 bridgehead atoms. The Morgan fingerprint density at radius 3 is 1.57 bits per heavy atom. The Bertz CT molecular complexity index is 58.0. The van der Waals surface area contributed by atoms with Crippen molar-refractivity contribution in [3.8, 4) is 0 Å². The van der Waals surface area contributed by atoms with Crippen LogP contribution in [0.15, 0.2) is 0 Å². The van der Waals surface area contributed by atoms with Crippen molar-refractivity contribution < 1.29 is 22.0 Å². The molecule has 0 unspecified atom stereocenters. The molecule has 0 aliphatic heterocycles. The van der Waals surface area contributed by atoms with Crippen molar-refractivity contribution >= 4 is 12.7 Å². The summed E-state index contributed by atoms with van der Waals surface area (Å²) < 4.78 is 0. The predicted octanol–water partition coefficient (Wildman–Crippen LogP) is -0.111. The zero-order chi connectivity index (χ0) is 4.99. The van der Waals surface area contributed by atoms with E-state index in [1.54, 1.807) is 0 Å². The topological polar surface area (TPSA) is 71.2 Å². The van der Waals surface area contributed by atoms with Crippen LogP contribution in [0.25, 0.3) is 0 Å². The van der Waals surface area contributed by atoms with E-state index in [9.17, 15) is 0 Å². The Balaban J connectivity index is 0. The molecule has 0 aliphatic carbocycles. The van der Waals surface area contributed by atoms with E-state index in [0.29, 0.717) is 17.7 Å². The van der Waals surface area contributed by atoms with Crippen LogP contribution in [0.5, 0.6) is 0 Å². The molecule has 1 radical (unpaired) electrons. The Morgan fingerprint density at radius 2 is 1.57 bits per heavy atom. The van der Waals surface area contributed by atoms with Crippen LogP contribution in [0, 0.1) is 10.8 Å². The largest absolute Gasteiger partial charge is 0.289 e. The molecule has 0 aromatic rings. The van der Waals surface area contributed by atoms with Gasteiger partial charge in [-0.1, -0.05) is 0 Å². The Kier molecular flexibility index (Phi) is 7.84. The van der Waals surface area contributed by atoms with Gasteiger partial charge in [0, 0.05) is 16.8 Å². The molecule has 0 spiro atoms. The summed E-state index contributed by atoms with van der Waals surface area (Å²) in [5.41, 5.74) is 0. The molecule has 0 aliphatic rings. The van der Waals surface area contributed by atoms with E-state index in [1.165, 1.54) is 0 Å². The van der Waals surface area contributed by atoms with Crippen LogP contribution in [0.1, 0.15) is 0 Å². The quantitative estimate of drug-likeness (QED) is 0.289. The van der Waals surface area contributed by atoms with Gasteiger partial charge in [0.05, 0.1) is 0 Å². The molecule has 5 heteroatoms. The van der Waals surface area contributed by atoms with Crippen molar-refractivity contribution in [1.29, 1.82) is 10.8 Å². The Labute approximate surface area is 51.3 Å². The van der Waals surface area contributed by atoms with Gasteiger partial charge in [-0.3, -0.25) is 16.0 Å². The van der Waals surface area contributed by atoms with Crippen LogP contribution in [-0.4, -0.2) is 22.9 Å². The van der Waals surface area contributed by atoms with Crippen LogP contribution < -0.4 is 0 Å². The summed E-state index contributed by atoms with van der Waals surface area (Å²) in [7, 11) is 0. The molecule has 0 heterocycles. The molecule has 3 N–H and O–H groups in total. The van der Waals surface area contributed by atoms with E-state index in [0.717, 1.165) is 0 Å². The monoisotopic (exact) mass is 146 g/mol. The Morgan fingerprint density at radius 1 is 1.29 bits per heavy atom. The number of rotatable bonds is 2. The first-order valence-corrected chi connectivity index (χ1v) is 1.29. The minimum absolute atomic E-state index is 0. The SMILES string of the molecule is N=CN(O)C=N.[Co]. The maximum atomic E-state index is 8.01. The summed E-state index contributed by atoms with van der Waals surface area (Å²) in [5.74, 6) is 0. The third-order valence-corrected chi connectivity index (χ3v) is 0.265. The zero-order valence-corrected chi connectivity index (χ0v) is 4.42. The molecular formula is C2H5CoN3O. The molecule has 0 amide bonds. The van der Waals surface area contributed by atoms with Gasteiger partial charge >= 0.3 is 0 Å². The van der Waals surface area contributed by atoms with Crippen molar-refractivity contribution in [3.05, 3.63) is 0 Å². The smallest absolute Gasteiger partial charge is 0.114 e. The number of hydroxylamine groups is 2. The molecule has 0 aromatic heterocycles. The van der Waals surface area contributed by atoms with Crippen molar-refractivity contribution in [2.75, 3.05) is 0 Å². The van der Waals surface area contributed by atoms with Crippen LogP contribution in [0.2, 0.25) is 0 Å². The molecule has 0 saturated carbocycles. The molecule has 0 aromatic carbocycles. The molecule has 43 valence electrons. The molecular weight excluding hydrogens is 141 g/mol. The minimum Gasteiger partial charge on any atom is -0.289 e. The fourth-order valence-corrected chi connectivity index (χ4v) is 0.0373. The standard InChI is InChI=1S/C2H5N3O.Co/c3-1-5(6)2-4;/h1-4,6H;. The first-order chi connectivity index (χ1) is 2.81. The van der Waals surface area contributed by atoms with E-state index >= 15 is 0 Å². The van der Waals surface area contributed by atoms with E-state index in [-0.39, 0.29) is 16.8 Å². The first kappa shape index (κ1) is 9.79. The van der Waals surface area contributed by atoms with Gasteiger partial charge < -0.3 is 0 Å². The van der Waals surface area contributed by atoms with Gasteiger partial charge in [-0.2, -0.15) is 0 Å². The summed E-state index contributed by atoms with van der Waals surface area (Å²) in [6.07, 6.45) is 1.24. The molecule has 0 fully saturated rings. The summed E-state index contributed by atoms with van der Waals surface area (Å²) in [5, 5.41) is 20.8. The third kappa shape index (κ3) is 5.61. The number of nitrogens with one attached hydrogen (secondary N) is 2. The summed E-state index contributed by atoms with van der Waals surface area (Å²) >= 11 is 0. The van der Waals surface area contributed by atoms with Crippen molar-refractivity contribution in [2.24, 2.45) is 0 Å². The van der Waals surface area contributed by atoms with Crippen LogP contribution in [0.4, 0.5) is 0 Å². The predicted molar refractivity (Wildman–Crippen MR) is 21.2 cm³/mol. The van der Waals surface area contributed by atoms with Gasteiger partial charge in [0.1, 0.15) is 12.7 Å². The van der Waals surface area contributed by atoms with Gasteiger partial charge in [-0.15, -0.1) is 0 Å². The van der Waals surface area contributed by atoms with Crippen molar-refractivity contribution in [1.82, 2.24) is 5.06 Å². The zero-order valence-electron chi connectivity index (χ0n) is 3.38. The maximum absolute atomic E-state index is 8.01. The van der Waals surface area contributed by atoms with Gasteiger partial charge in [-0.25, -0.2) is 5.06 Å². The molecule has 7 heavy (non-hydrogen) atoms.